The lowest BCUT2D eigenvalue weighted by Gasteiger charge is -2.10. The summed E-state index contributed by atoms with van der Waals surface area (Å²) in [5, 5.41) is 0.642. The Morgan fingerprint density at radius 2 is 2.22 bits per heavy atom. The molecule has 1 saturated carbocycles. The summed E-state index contributed by atoms with van der Waals surface area (Å²) in [5.74, 6) is 0.355. The molecule has 0 aliphatic heterocycles. The minimum Gasteiger partial charge on any atom is -0.495 e. The van der Waals surface area contributed by atoms with E-state index in [1.807, 2.05) is 16.7 Å². The highest BCUT2D eigenvalue weighted by Gasteiger charge is 2.25. The lowest BCUT2D eigenvalue weighted by atomic mass is 10.2. The first kappa shape index (κ1) is 14.3. The van der Waals surface area contributed by atoms with Gasteiger partial charge in [0.25, 0.3) is 0 Å². The Morgan fingerprint density at radius 3 is 2.91 bits per heavy atom. The molecule has 118 valence electrons. The smallest absolute Gasteiger partial charge is 0.224 e. The molecule has 7 heteroatoms. The molecule has 0 saturated heterocycles. The number of nitrogens with zero attached hydrogens (tertiary/aromatic N) is 3. The zero-order chi connectivity index (χ0) is 16.0. The number of pyridine rings is 2. The predicted octanol–water partition coefficient (Wildman–Crippen LogP) is 3.38. The van der Waals surface area contributed by atoms with Gasteiger partial charge < -0.3 is 10.5 Å². The van der Waals surface area contributed by atoms with Crippen LogP contribution >= 0.6 is 11.8 Å². The molecule has 1 fully saturated rings. The van der Waals surface area contributed by atoms with Crippen molar-refractivity contribution in [1.82, 2.24) is 14.4 Å². The van der Waals surface area contributed by atoms with Crippen molar-refractivity contribution in [3.63, 3.8) is 0 Å². The third-order valence-corrected chi connectivity index (χ3v) is 5.12. The second-order valence-corrected chi connectivity index (χ2v) is 6.81. The third-order valence-electron chi connectivity index (χ3n) is 3.76. The monoisotopic (exact) mass is 330 g/mol. The number of anilines is 1. The molecule has 3 heterocycles. The minimum atomic E-state index is -0.598. The number of hydrogen-bond acceptors (Lipinski definition) is 5. The highest BCUT2D eigenvalue weighted by atomic mass is 32.2. The molecule has 2 N–H and O–H groups in total. The van der Waals surface area contributed by atoms with E-state index in [2.05, 4.69) is 9.97 Å². The van der Waals surface area contributed by atoms with E-state index in [1.54, 1.807) is 37.2 Å². The van der Waals surface area contributed by atoms with Gasteiger partial charge in [0.2, 0.25) is 5.95 Å². The lowest BCUT2D eigenvalue weighted by Crippen LogP contribution is -1.98. The highest BCUT2D eigenvalue weighted by Crippen LogP contribution is 2.43. The van der Waals surface area contributed by atoms with Crippen molar-refractivity contribution < 1.29 is 9.13 Å². The number of nitrogen functional groups attached to an aromatic ring is 1. The van der Waals surface area contributed by atoms with Crippen LogP contribution in [0.5, 0.6) is 5.75 Å². The summed E-state index contributed by atoms with van der Waals surface area (Å²) in [4.78, 5) is 9.08. The Kier molecular flexibility index (Phi) is 3.37. The van der Waals surface area contributed by atoms with Crippen LogP contribution in [0.3, 0.4) is 0 Å². The third kappa shape index (κ3) is 2.61. The lowest BCUT2D eigenvalue weighted by molar-refractivity contribution is 0.404. The van der Waals surface area contributed by atoms with Crippen LogP contribution in [-0.2, 0) is 0 Å². The topological polar surface area (TPSA) is 65.4 Å². The molecule has 0 bridgehead atoms. The number of methoxy groups -OCH3 is 1. The first-order valence-corrected chi connectivity index (χ1v) is 8.18. The predicted molar refractivity (Wildman–Crippen MR) is 88.2 cm³/mol. The number of halogens is 1. The van der Waals surface area contributed by atoms with Crippen molar-refractivity contribution in [2.45, 2.75) is 23.0 Å². The molecule has 0 spiro atoms. The van der Waals surface area contributed by atoms with Crippen LogP contribution < -0.4 is 10.5 Å². The summed E-state index contributed by atoms with van der Waals surface area (Å²) in [6.45, 7) is 0. The fourth-order valence-corrected chi connectivity index (χ4v) is 3.59. The summed E-state index contributed by atoms with van der Waals surface area (Å²) in [6, 6.07) is 5.08. The van der Waals surface area contributed by atoms with Crippen LogP contribution in [0.25, 0.3) is 16.9 Å². The largest absolute Gasteiger partial charge is 0.495 e. The van der Waals surface area contributed by atoms with Crippen molar-refractivity contribution in [2.75, 3.05) is 12.8 Å². The van der Waals surface area contributed by atoms with Crippen LogP contribution in [0, 0.1) is 5.95 Å². The molecule has 23 heavy (non-hydrogen) atoms. The molecule has 0 atom stereocenters. The zero-order valence-corrected chi connectivity index (χ0v) is 13.3. The fraction of sp³-hybridized carbons (Fsp3) is 0.250. The van der Waals surface area contributed by atoms with Crippen molar-refractivity contribution in [3.05, 3.63) is 36.5 Å². The molecule has 0 amide bonds. The highest BCUT2D eigenvalue weighted by molar-refractivity contribution is 8.00. The second-order valence-electron chi connectivity index (χ2n) is 5.47. The number of rotatable bonds is 4. The fourth-order valence-electron chi connectivity index (χ4n) is 2.44. The van der Waals surface area contributed by atoms with Gasteiger partial charge in [-0.2, -0.15) is 4.39 Å². The quantitative estimate of drug-likeness (QED) is 0.743. The SMILES string of the molecule is COc1cc2ncc(-c3ccc(N)nc3F)n2cc1SC1CC1. The number of aromatic nitrogens is 3. The van der Waals surface area contributed by atoms with E-state index in [-0.39, 0.29) is 5.82 Å². The maximum Gasteiger partial charge on any atom is 0.224 e. The second kappa shape index (κ2) is 5.42. The van der Waals surface area contributed by atoms with Crippen LogP contribution in [0.1, 0.15) is 12.8 Å². The minimum absolute atomic E-state index is 0.159. The van der Waals surface area contributed by atoms with Crippen molar-refractivity contribution in [2.24, 2.45) is 0 Å². The van der Waals surface area contributed by atoms with Gasteiger partial charge in [-0.25, -0.2) is 9.97 Å². The first-order chi connectivity index (χ1) is 11.2. The van der Waals surface area contributed by atoms with Crippen molar-refractivity contribution in [1.29, 1.82) is 0 Å². The number of nitrogens with two attached hydrogens (primary N) is 1. The normalized spacial score (nSPS) is 14.3. The van der Waals surface area contributed by atoms with E-state index in [0.29, 0.717) is 22.2 Å². The van der Waals surface area contributed by atoms with Crippen LogP contribution in [-0.4, -0.2) is 26.7 Å². The van der Waals surface area contributed by atoms with E-state index >= 15 is 0 Å². The molecular weight excluding hydrogens is 315 g/mol. The van der Waals surface area contributed by atoms with Crippen LogP contribution in [0.2, 0.25) is 0 Å². The standard InChI is InChI=1S/C16H15FN4OS/c1-22-12-6-15-19-7-11(10-4-5-14(18)20-16(10)17)21(15)8-13(12)23-9-2-3-9/h4-9H,2-3H2,1H3,(H2,18,20). The summed E-state index contributed by atoms with van der Waals surface area (Å²) in [5.41, 5.74) is 7.24. The zero-order valence-electron chi connectivity index (χ0n) is 12.5. The van der Waals surface area contributed by atoms with E-state index in [1.165, 1.54) is 12.8 Å². The molecule has 0 aromatic carbocycles. The molecule has 1 aliphatic carbocycles. The van der Waals surface area contributed by atoms with Crippen molar-refractivity contribution in [3.8, 4) is 17.0 Å². The van der Waals surface area contributed by atoms with Gasteiger partial charge in [0.1, 0.15) is 17.2 Å². The Hall–Kier alpha value is -2.28. The maximum atomic E-state index is 14.1. The Balaban J connectivity index is 1.87. The molecule has 0 radical (unpaired) electrons. The molecule has 3 aromatic rings. The molecular formula is C16H15FN4OS. The van der Waals surface area contributed by atoms with Crippen molar-refractivity contribution >= 4 is 23.2 Å². The average molecular weight is 330 g/mol. The van der Waals surface area contributed by atoms with Gasteiger partial charge in [-0.1, -0.05) is 0 Å². The van der Waals surface area contributed by atoms with Gasteiger partial charge in [0.15, 0.2) is 0 Å². The summed E-state index contributed by atoms with van der Waals surface area (Å²) >= 11 is 1.79. The maximum absolute atomic E-state index is 14.1. The number of ether oxygens (including phenoxy) is 1. The average Bonchev–Trinajstić information content (AvgIpc) is 3.25. The molecule has 3 aromatic heterocycles. The molecule has 5 nitrogen and oxygen atoms in total. The van der Waals surface area contributed by atoms with Gasteiger partial charge in [-0.3, -0.25) is 4.40 Å². The van der Waals surface area contributed by atoms with Gasteiger partial charge in [0.05, 0.1) is 29.5 Å². The summed E-state index contributed by atoms with van der Waals surface area (Å²) in [7, 11) is 1.65. The number of imidazole rings is 1. The molecule has 4 rings (SSSR count). The first-order valence-electron chi connectivity index (χ1n) is 7.30. The van der Waals surface area contributed by atoms with Gasteiger partial charge in [0, 0.05) is 17.5 Å². The summed E-state index contributed by atoms with van der Waals surface area (Å²) < 4.78 is 21.5. The molecule has 1 aliphatic rings. The van der Waals surface area contributed by atoms with Crippen LogP contribution in [0.4, 0.5) is 10.2 Å². The molecule has 0 unspecified atom stereocenters. The Morgan fingerprint density at radius 1 is 1.39 bits per heavy atom. The number of hydrogen-bond donors (Lipinski definition) is 1. The Bertz CT molecular complexity index is 891. The van der Waals surface area contributed by atoms with Gasteiger partial charge in [-0.05, 0) is 25.0 Å². The number of thioether (sulfide) groups is 1. The van der Waals surface area contributed by atoms with E-state index in [4.69, 9.17) is 10.5 Å². The Labute approximate surface area is 136 Å². The van der Waals surface area contributed by atoms with E-state index < -0.39 is 5.95 Å². The van der Waals surface area contributed by atoms with Gasteiger partial charge >= 0.3 is 0 Å². The van der Waals surface area contributed by atoms with E-state index in [9.17, 15) is 4.39 Å². The van der Waals surface area contributed by atoms with Crippen LogP contribution in [0.15, 0.2) is 35.5 Å². The number of fused-ring (bicyclic) bond motifs is 1. The van der Waals surface area contributed by atoms with E-state index in [0.717, 1.165) is 10.6 Å². The van der Waals surface area contributed by atoms with Gasteiger partial charge in [-0.15, -0.1) is 11.8 Å². The summed E-state index contributed by atoms with van der Waals surface area (Å²) in [6.07, 6.45) is 6.03.